The molecular weight excluding hydrogens is 186 g/mol. The number of aryl methyl sites for hydroxylation is 1. The minimum Gasteiger partial charge on any atom is -0.308 e. The second-order valence-electron chi connectivity index (χ2n) is 3.89. The molecule has 1 rings (SSSR count). The fourth-order valence-corrected chi connectivity index (χ4v) is 1.65. The zero-order chi connectivity index (χ0) is 11.4. The molecule has 15 heavy (non-hydrogen) atoms. The Morgan fingerprint density at radius 1 is 1.40 bits per heavy atom. The number of hydrogen-bond acceptors (Lipinski definition) is 2. The van der Waals surface area contributed by atoms with Gasteiger partial charge in [-0.1, -0.05) is 25.1 Å². The van der Waals surface area contributed by atoms with E-state index >= 15 is 0 Å². The number of benzene rings is 1. The number of rotatable bonds is 4. The monoisotopic (exact) mass is 205 g/mol. The Balaban J connectivity index is 2.96. The molecule has 0 heterocycles. The molecule has 2 heteroatoms. The molecule has 0 saturated heterocycles. The Bertz CT molecular complexity index is 358. The van der Waals surface area contributed by atoms with E-state index in [1.807, 2.05) is 45.9 Å². The van der Waals surface area contributed by atoms with Gasteiger partial charge in [0.25, 0.3) is 0 Å². The van der Waals surface area contributed by atoms with Gasteiger partial charge in [-0.05, 0) is 38.4 Å². The van der Waals surface area contributed by atoms with Crippen LogP contribution in [-0.4, -0.2) is 18.4 Å². The van der Waals surface area contributed by atoms with Crippen molar-refractivity contribution in [3.05, 3.63) is 34.9 Å². The number of Topliss-reactive ketones (excluding diaryl/α,β-unsaturated/α-hetero) is 1. The van der Waals surface area contributed by atoms with E-state index in [2.05, 4.69) is 5.32 Å². The number of hydrogen-bond donors (Lipinski definition) is 1. The fourth-order valence-electron chi connectivity index (χ4n) is 1.65. The lowest BCUT2D eigenvalue weighted by atomic mass is 9.97. The Morgan fingerprint density at radius 3 is 2.67 bits per heavy atom. The van der Waals surface area contributed by atoms with E-state index in [1.165, 1.54) is 5.56 Å². The third-order valence-electron chi connectivity index (χ3n) is 2.77. The zero-order valence-corrected chi connectivity index (χ0v) is 9.92. The van der Waals surface area contributed by atoms with Crippen molar-refractivity contribution in [3.63, 3.8) is 0 Å². The lowest BCUT2D eigenvalue weighted by molar-refractivity contribution is 0.0951. The van der Waals surface area contributed by atoms with E-state index < -0.39 is 0 Å². The summed E-state index contributed by atoms with van der Waals surface area (Å²) in [6, 6.07) is 5.77. The molecule has 0 saturated carbocycles. The first kappa shape index (κ1) is 11.9. The van der Waals surface area contributed by atoms with E-state index in [-0.39, 0.29) is 11.8 Å². The van der Waals surface area contributed by atoms with Crippen molar-refractivity contribution >= 4 is 5.78 Å². The predicted octanol–water partition coefficient (Wildman–Crippen LogP) is 2.48. The van der Waals surface area contributed by atoms with Crippen molar-refractivity contribution < 1.29 is 4.79 Å². The first-order chi connectivity index (χ1) is 7.07. The highest BCUT2D eigenvalue weighted by molar-refractivity contribution is 6.01. The molecule has 0 fully saturated rings. The quantitative estimate of drug-likeness (QED) is 0.765. The maximum Gasteiger partial charge on any atom is 0.179 e. The molecule has 0 bridgehead atoms. The molecule has 1 atom stereocenters. The number of ketones is 1. The molecule has 0 radical (unpaired) electrons. The van der Waals surface area contributed by atoms with Gasteiger partial charge in [0.15, 0.2) is 5.78 Å². The van der Waals surface area contributed by atoms with Crippen LogP contribution in [-0.2, 0) is 0 Å². The van der Waals surface area contributed by atoms with Gasteiger partial charge in [0.05, 0.1) is 6.04 Å². The van der Waals surface area contributed by atoms with Crippen LogP contribution in [0, 0.1) is 13.8 Å². The smallest absolute Gasteiger partial charge is 0.179 e. The molecule has 0 aliphatic heterocycles. The first-order valence-electron chi connectivity index (χ1n) is 5.41. The van der Waals surface area contributed by atoms with Gasteiger partial charge in [-0.3, -0.25) is 4.79 Å². The van der Waals surface area contributed by atoms with Gasteiger partial charge in [0, 0.05) is 5.56 Å². The van der Waals surface area contributed by atoms with Gasteiger partial charge in [-0.2, -0.15) is 0 Å². The second kappa shape index (κ2) is 5.08. The molecule has 2 nitrogen and oxygen atoms in total. The van der Waals surface area contributed by atoms with Gasteiger partial charge in [0.2, 0.25) is 0 Å². The van der Waals surface area contributed by atoms with Crippen LogP contribution in [0.4, 0.5) is 0 Å². The fraction of sp³-hybridized carbons (Fsp3) is 0.462. The summed E-state index contributed by atoms with van der Waals surface area (Å²) < 4.78 is 0. The predicted molar refractivity (Wildman–Crippen MR) is 63.4 cm³/mol. The molecule has 0 aromatic heterocycles. The summed E-state index contributed by atoms with van der Waals surface area (Å²) in [4.78, 5) is 12.0. The SMILES string of the molecule is CCN[C@@H](C)C(=O)c1cccc(C)c1C. The molecule has 0 spiro atoms. The summed E-state index contributed by atoms with van der Waals surface area (Å²) in [5.41, 5.74) is 3.10. The van der Waals surface area contributed by atoms with Gasteiger partial charge in [-0.25, -0.2) is 0 Å². The van der Waals surface area contributed by atoms with Crippen LogP contribution in [0.1, 0.15) is 35.3 Å². The molecular formula is C13H19NO. The van der Waals surface area contributed by atoms with Crippen molar-refractivity contribution in [1.29, 1.82) is 0 Å². The Hall–Kier alpha value is -1.15. The van der Waals surface area contributed by atoms with Crippen LogP contribution >= 0.6 is 0 Å². The molecule has 1 aromatic rings. The number of likely N-dealkylation sites (N-methyl/N-ethyl adjacent to an activating group) is 1. The zero-order valence-electron chi connectivity index (χ0n) is 9.92. The summed E-state index contributed by atoms with van der Waals surface area (Å²) in [6.45, 7) is 8.77. The van der Waals surface area contributed by atoms with Crippen LogP contribution in [0.5, 0.6) is 0 Å². The molecule has 0 aliphatic rings. The van der Waals surface area contributed by atoms with Crippen molar-refractivity contribution in [2.45, 2.75) is 33.7 Å². The lowest BCUT2D eigenvalue weighted by Crippen LogP contribution is -2.34. The third-order valence-corrected chi connectivity index (χ3v) is 2.77. The van der Waals surface area contributed by atoms with Crippen LogP contribution in [0.2, 0.25) is 0 Å². The van der Waals surface area contributed by atoms with Crippen molar-refractivity contribution in [3.8, 4) is 0 Å². The second-order valence-corrected chi connectivity index (χ2v) is 3.89. The summed E-state index contributed by atoms with van der Waals surface area (Å²) in [5.74, 6) is 0.179. The van der Waals surface area contributed by atoms with Gasteiger partial charge in [-0.15, -0.1) is 0 Å². The highest BCUT2D eigenvalue weighted by Gasteiger charge is 2.16. The first-order valence-corrected chi connectivity index (χ1v) is 5.41. The number of carbonyl (C=O) groups excluding carboxylic acids is 1. The minimum atomic E-state index is -0.101. The van der Waals surface area contributed by atoms with Crippen LogP contribution in [0.25, 0.3) is 0 Å². The summed E-state index contributed by atoms with van der Waals surface area (Å²) in [7, 11) is 0. The summed E-state index contributed by atoms with van der Waals surface area (Å²) >= 11 is 0. The number of carbonyl (C=O) groups is 1. The highest BCUT2D eigenvalue weighted by Crippen LogP contribution is 2.14. The van der Waals surface area contributed by atoms with E-state index in [9.17, 15) is 4.79 Å². The molecule has 0 aliphatic carbocycles. The normalized spacial score (nSPS) is 12.5. The Labute approximate surface area is 91.7 Å². The van der Waals surface area contributed by atoms with Crippen molar-refractivity contribution in [1.82, 2.24) is 5.32 Å². The summed E-state index contributed by atoms with van der Waals surface area (Å²) in [6.07, 6.45) is 0. The molecule has 1 aromatic carbocycles. The Morgan fingerprint density at radius 2 is 2.07 bits per heavy atom. The van der Waals surface area contributed by atoms with Gasteiger partial charge < -0.3 is 5.32 Å². The largest absolute Gasteiger partial charge is 0.308 e. The molecule has 1 N–H and O–H groups in total. The average molecular weight is 205 g/mol. The van der Waals surface area contributed by atoms with Crippen molar-refractivity contribution in [2.75, 3.05) is 6.54 Å². The van der Waals surface area contributed by atoms with Gasteiger partial charge in [0.1, 0.15) is 0 Å². The van der Waals surface area contributed by atoms with Crippen LogP contribution in [0.3, 0.4) is 0 Å². The average Bonchev–Trinajstić information content (AvgIpc) is 2.21. The molecule has 0 unspecified atom stereocenters. The van der Waals surface area contributed by atoms with Gasteiger partial charge >= 0.3 is 0 Å². The van der Waals surface area contributed by atoms with E-state index in [0.29, 0.717) is 0 Å². The molecule has 0 amide bonds. The van der Waals surface area contributed by atoms with Crippen molar-refractivity contribution in [2.24, 2.45) is 0 Å². The minimum absolute atomic E-state index is 0.101. The third kappa shape index (κ3) is 2.66. The van der Waals surface area contributed by atoms with Crippen LogP contribution in [0.15, 0.2) is 18.2 Å². The maximum atomic E-state index is 12.0. The maximum absolute atomic E-state index is 12.0. The Kier molecular flexibility index (Phi) is 4.04. The molecule has 82 valence electrons. The van der Waals surface area contributed by atoms with E-state index in [4.69, 9.17) is 0 Å². The van der Waals surface area contributed by atoms with E-state index in [0.717, 1.165) is 17.7 Å². The lowest BCUT2D eigenvalue weighted by Gasteiger charge is -2.13. The number of nitrogens with one attached hydrogen (secondary N) is 1. The highest BCUT2D eigenvalue weighted by atomic mass is 16.1. The van der Waals surface area contributed by atoms with E-state index in [1.54, 1.807) is 0 Å². The summed E-state index contributed by atoms with van der Waals surface area (Å²) in [5, 5.41) is 3.14. The topological polar surface area (TPSA) is 29.1 Å². The standard InChI is InChI=1S/C13H19NO/c1-5-14-11(4)13(15)12-8-6-7-9(2)10(12)3/h6-8,11,14H,5H2,1-4H3/t11-/m0/s1. The van der Waals surface area contributed by atoms with Crippen LogP contribution < -0.4 is 5.32 Å².